The van der Waals surface area contributed by atoms with Gasteiger partial charge in [0.15, 0.2) is 9.84 Å². The van der Waals surface area contributed by atoms with Crippen molar-refractivity contribution in [3.63, 3.8) is 0 Å². The van der Waals surface area contributed by atoms with Crippen LogP contribution in [0.2, 0.25) is 0 Å². The summed E-state index contributed by atoms with van der Waals surface area (Å²) in [6.07, 6.45) is 1.10. The predicted molar refractivity (Wildman–Crippen MR) is 81.0 cm³/mol. The number of aliphatic carboxylic acids is 1. The molecule has 0 unspecified atom stereocenters. The Morgan fingerprint density at radius 2 is 1.48 bits per heavy atom. The summed E-state index contributed by atoms with van der Waals surface area (Å²) in [5, 5.41) is 14.3. The van der Waals surface area contributed by atoms with Crippen molar-refractivity contribution < 1.29 is 23.1 Å². The molecule has 0 saturated heterocycles. The van der Waals surface area contributed by atoms with Crippen molar-refractivity contribution >= 4 is 21.8 Å². The molecule has 0 bridgehead atoms. The first kappa shape index (κ1) is 19.7. The number of sulfone groups is 1. The molecule has 0 fully saturated rings. The summed E-state index contributed by atoms with van der Waals surface area (Å²) in [4.78, 5) is 23.1. The zero-order valence-electron chi connectivity index (χ0n) is 13.7. The first-order valence-electron chi connectivity index (χ1n) is 6.53. The average Bonchev–Trinajstić information content (AvgIpc) is 2.23. The van der Waals surface area contributed by atoms with Crippen LogP contribution in [0, 0.1) is 5.41 Å². The quantitative estimate of drug-likeness (QED) is 0.675. The minimum absolute atomic E-state index is 0.0682. The molecule has 3 N–H and O–H groups in total. The highest BCUT2D eigenvalue weighted by molar-refractivity contribution is 7.92. The fraction of sp³-hybridized carbons (Fsp3) is 0.846. The Labute approximate surface area is 126 Å². The highest BCUT2D eigenvalue weighted by Gasteiger charge is 2.44. The maximum atomic E-state index is 11.9. The summed E-state index contributed by atoms with van der Waals surface area (Å²) in [7, 11) is -3.32. The van der Waals surface area contributed by atoms with E-state index < -0.39 is 37.5 Å². The van der Waals surface area contributed by atoms with Crippen LogP contribution >= 0.6 is 0 Å². The number of nitrogens with one attached hydrogen (secondary N) is 2. The monoisotopic (exact) mass is 322 g/mol. The Morgan fingerprint density at radius 3 is 1.81 bits per heavy atom. The van der Waals surface area contributed by atoms with E-state index in [1.807, 2.05) is 0 Å². The third-order valence-corrected chi connectivity index (χ3v) is 6.35. The van der Waals surface area contributed by atoms with Crippen LogP contribution in [-0.4, -0.2) is 48.6 Å². The highest BCUT2D eigenvalue weighted by atomic mass is 32.2. The molecule has 7 nitrogen and oxygen atoms in total. The number of hydrogen-bond donors (Lipinski definition) is 3. The van der Waals surface area contributed by atoms with Crippen LogP contribution in [0.1, 0.15) is 41.5 Å². The Balaban J connectivity index is 4.84. The van der Waals surface area contributed by atoms with Gasteiger partial charge < -0.3 is 15.7 Å². The fourth-order valence-corrected chi connectivity index (χ4v) is 1.51. The lowest BCUT2D eigenvalue weighted by molar-refractivity contribution is -0.150. The second kappa shape index (κ2) is 5.82. The van der Waals surface area contributed by atoms with E-state index in [9.17, 15) is 23.1 Å². The minimum Gasteiger partial charge on any atom is -0.481 e. The molecule has 0 atom stereocenters. The minimum atomic E-state index is -3.32. The molecular formula is C13H26N2O5S. The third kappa shape index (κ3) is 4.59. The first-order valence-corrected chi connectivity index (χ1v) is 8.43. The predicted octanol–water partition coefficient (Wildman–Crippen LogP) is 0.998. The molecule has 0 spiro atoms. The van der Waals surface area contributed by atoms with Crippen LogP contribution in [0.4, 0.5) is 4.79 Å². The van der Waals surface area contributed by atoms with Crippen molar-refractivity contribution in [1.29, 1.82) is 0 Å². The number of amides is 2. The number of urea groups is 1. The normalized spacial score (nSPS) is 13.7. The summed E-state index contributed by atoms with van der Waals surface area (Å²) >= 11 is 0. The van der Waals surface area contributed by atoms with Gasteiger partial charge in [-0.15, -0.1) is 0 Å². The Bertz CT molecular complexity index is 521. The molecule has 8 heteroatoms. The molecule has 0 aliphatic rings. The maximum Gasteiger partial charge on any atom is 0.315 e. The number of rotatable bonds is 6. The molecule has 21 heavy (non-hydrogen) atoms. The number of carboxylic acids is 1. The van der Waals surface area contributed by atoms with Crippen LogP contribution in [0.5, 0.6) is 0 Å². The van der Waals surface area contributed by atoms with Gasteiger partial charge in [-0.05, 0) is 41.5 Å². The van der Waals surface area contributed by atoms with Gasteiger partial charge in [0.1, 0.15) is 0 Å². The van der Waals surface area contributed by atoms with Crippen molar-refractivity contribution in [2.75, 3.05) is 12.8 Å². The second-order valence-electron chi connectivity index (χ2n) is 6.89. The van der Waals surface area contributed by atoms with Gasteiger partial charge in [-0.3, -0.25) is 4.79 Å². The zero-order chi connectivity index (χ0) is 17.3. The van der Waals surface area contributed by atoms with Gasteiger partial charge in [0.2, 0.25) is 0 Å². The molecular weight excluding hydrogens is 296 g/mol. The number of carboxylic acid groups (broad SMARTS) is 1. The molecule has 0 aromatic heterocycles. The average molecular weight is 322 g/mol. The van der Waals surface area contributed by atoms with E-state index in [1.165, 1.54) is 27.7 Å². The third-order valence-electron chi connectivity index (χ3n) is 4.20. The van der Waals surface area contributed by atoms with E-state index in [0.717, 1.165) is 6.26 Å². The molecule has 0 aliphatic heterocycles. The number of carbonyl (C=O) groups is 2. The molecule has 0 rings (SSSR count). The SMILES string of the molecule is CC(C)(NC(=O)NCC(C)(C)S(C)(=O)=O)C(C)(C)C(=O)O. The van der Waals surface area contributed by atoms with Crippen LogP contribution in [0.3, 0.4) is 0 Å². The molecule has 0 aromatic rings. The van der Waals surface area contributed by atoms with E-state index >= 15 is 0 Å². The van der Waals surface area contributed by atoms with Gasteiger partial charge in [0, 0.05) is 12.8 Å². The van der Waals surface area contributed by atoms with E-state index in [2.05, 4.69) is 10.6 Å². The summed E-state index contributed by atoms with van der Waals surface area (Å²) in [5.41, 5.74) is -2.20. The van der Waals surface area contributed by atoms with Gasteiger partial charge in [0.25, 0.3) is 0 Å². The Kier molecular flexibility index (Phi) is 5.46. The summed E-state index contributed by atoms with van der Waals surface area (Å²) < 4.78 is 22.0. The van der Waals surface area contributed by atoms with Crippen molar-refractivity contribution in [2.45, 2.75) is 51.8 Å². The molecule has 124 valence electrons. The molecule has 2 amide bonds. The lowest BCUT2D eigenvalue weighted by atomic mass is 9.74. The molecule has 0 aliphatic carbocycles. The van der Waals surface area contributed by atoms with Crippen LogP contribution in [-0.2, 0) is 14.6 Å². The fourth-order valence-electron chi connectivity index (χ4n) is 1.18. The van der Waals surface area contributed by atoms with E-state index in [-0.39, 0.29) is 6.54 Å². The van der Waals surface area contributed by atoms with E-state index in [0.29, 0.717) is 0 Å². The molecule has 0 radical (unpaired) electrons. The molecule has 0 heterocycles. The first-order chi connectivity index (χ1) is 9.04. The zero-order valence-corrected chi connectivity index (χ0v) is 14.5. The summed E-state index contributed by atoms with van der Waals surface area (Å²) in [5.74, 6) is -1.04. The van der Waals surface area contributed by atoms with Gasteiger partial charge in [-0.2, -0.15) is 0 Å². The van der Waals surface area contributed by atoms with Crippen molar-refractivity contribution in [2.24, 2.45) is 5.41 Å². The topological polar surface area (TPSA) is 113 Å². The number of carbonyl (C=O) groups excluding carboxylic acids is 1. The summed E-state index contributed by atoms with van der Waals surface area (Å²) in [6.45, 7) is 9.17. The van der Waals surface area contributed by atoms with Crippen LogP contribution in [0.25, 0.3) is 0 Å². The maximum absolute atomic E-state index is 11.9. The molecule has 0 aromatic carbocycles. The molecule has 0 saturated carbocycles. The number of hydrogen-bond acceptors (Lipinski definition) is 4. The van der Waals surface area contributed by atoms with Gasteiger partial charge in [-0.1, -0.05) is 0 Å². The van der Waals surface area contributed by atoms with Gasteiger partial charge in [-0.25, -0.2) is 13.2 Å². The van der Waals surface area contributed by atoms with Gasteiger partial charge in [0.05, 0.1) is 15.7 Å². The van der Waals surface area contributed by atoms with E-state index in [1.54, 1.807) is 13.8 Å². The van der Waals surface area contributed by atoms with Gasteiger partial charge >= 0.3 is 12.0 Å². The highest BCUT2D eigenvalue weighted by Crippen LogP contribution is 2.30. The Morgan fingerprint density at radius 1 is 1.05 bits per heavy atom. The largest absolute Gasteiger partial charge is 0.481 e. The second-order valence-corrected chi connectivity index (χ2v) is 9.54. The summed E-state index contributed by atoms with van der Waals surface area (Å²) in [6, 6.07) is -0.606. The van der Waals surface area contributed by atoms with Crippen molar-refractivity contribution in [1.82, 2.24) is 10.6 Å². The lowest BCUT2D eigenvalue weighted by Gasteiger charge is -2.39. The van der Waals surface area contributed by atoms with Crippen LogP contribution in [0.15, 0.2) is 0 Å². The Hall–Kier alpha value is -1.31. The van der Waals surface area contributed by atoms with Crippen molar-refractivity contribution in [3.05, 3.63) is 0 Å². The lowest BCUT2D eigenvalue weighted by Crippen LogP contribution is -2.60. The van der Waals surface area contributed by atoms with E-state index in [4.69, 9.17) is 0 Å². The van der Waals surface area contributed by atoms with Crippen molar-refractivity contribution in [3.8, 4) is 0 Å². The smallest absolute Gasteiger partial charge is 0.315 e. The van der Waals surface area contributed by atoms with Crippen LogP contribution < -0.4 is 10.6 Å². The standard InChI is InChI=1S/C13H26N2O5S/c1-11(2,21(7,19)20)8-14-10(18)15-13(5,6)12(3,4)9(16)17/h8H2,1-7H3,(H,16,17)(H2,14,15,18).